The van der Waals surface area contributed by atoms with E-state index in [9.17, 15) is 8.42 Å². The molecule has 0 aromatic rings. The highest BCUT2D eigenvalue weighted by Gasteiger charge is 2.28. The van der Waals surface area contributed by atoms with Crippen LogP contribution in [-0.4, -0.2) is 57.9 Å². The van der Waals surface area contributed by atoms with Crippen LogP contribution in [0.4, 0.5) is 0 Å². The lowest BCUT2D eigenvalue weighted by Crippen LogP contribution is -2.41. The van der Waals surface area contributed by atoms with Gasteiger partial charge in [0.1, 0.15) is 0 Å². The van der Waals surface area contributed by atoms with Crippen molar-refractivity contribution in [3.8, 4) is 0 Å². The Labute approximate surface area is 91.8 Å². The Morgan fingerprint density at radius 2 is 2.27 bits per heavy atom. The van der Waals surface area contributed by atoms with Gasteiger partial charge in [0.2, 0.25) is 10.0 Å². The van der Waals surface area contributed by atoms with E-state index in [0.717, 1.165) is 13.0 Å². The van der Waals surface area contributed by atoms with Crippen molar-refractivity contribution in [3.05, 3.63) is 0 Å². The van der Waals surface area contributed by atoms with Crippen LogP contribution in [0.3, 0.4) is 0 Å². The maximum Gasteiger partial charge on any atom is 0.215 e. The third-order valence-corrected chi connectivity index (χ3v) is 4.53. The molecular weight excluding hydrogens is 216 g/mol. The van der Waals surface area contributed by atoms with E-state index < -0.39 is 10.0 Å². The summed E-state index contributed by atoms with van der Waals surface area (Å²) in [7, 11) is -1.45. The van der Waals surface area contributed by atoms with Gasteiger partial charge in [-0.2, -0.15) is 4.31 Å². The first kappa shape index (κ1) is 12.9. The lowest BCUT2D eigenvalue weighted by Gasteiger charge is -2.25. The molecule has 1 fully saturated rings. The third kappa shape index (κ3) is 3.71. The summed E-state index contributed by atoms with van der Waals surface area (Å²) in [5.41, 5.74) is 0. The average molecular weight is 236 g/mol. The minimum absolute atomic E-state index is 0.0364. The standard InChI is InChI=1S/C9H20N2O3S/c1-9-8-10-4-7-15(12,13)11(9)5-3-6-14-2/h9-10H,3-8H2,1-2H3. The van der Waals surface area contributed by atoms with Gasteiger partial charge in [0.15, 0.2) is 0 Å². The van der Waals surface area contributed by atoms with Gasteiger partial charge < -0.3 is 10.1 Å². The zero-order valence-electron chi connectivity index (χ0n) is 9.40. The molecular formula is C9H20N2O3S. The molecule has 1 saturated heterocycles. The summed E-state index contributed by atoms with van der Waals surface area (Å²) in [5.74, 6) is 0.199. The predicted octanol–water partition coefficient (Wildman–Crippen LogP) is -0.354. The molecule has 0 saturated carbocycles. The van der Waals surface area contributed by atoms with Crippen LogP contribution >= 0.6 is 0 Å². The molecule has 0 aromatic heterocycles. The van der Waals surface area contributed by atoms with Gasteiger partial charge in [-0.1, -0.05) is 0 Å². The van der Waals surface area contributed by atoms with Crippen LogP contribution in [0, 0.1) is 0 Å². The SMILES string of the molecule is COCCCN1C(C)CNCCS1(=O)=O. The van der Waals surface area contributed by atoms with Gasteiger partial charge in [-0.15, -0.1) is 0 Å². The Kier molecular flexibility index (Phi) is 4.98. The molecule has 1 unspecified atom stereocenters. The van der Waals surface area contributed by atoms with Gasteiger partial charge in [0, 0.05) is 39.4 Å². The summed E-state index contributed by atoms with van der Waals surface area (Å²) < 4.78 is 30.2. The van der Waals surface area contributed by atoms with Crippen LogP contribution in [0.25, 0.3) is 0 Å². The van der Waals surface area contributed by atoms with Gasteiger partial charge in [-0.3, -0.25) is 0 Å². The van der Waals surface area contributed by atoms with E-state index in [2.05, 4.69) is 5.32 Å². The number of hydrogen-bond donors (Lipinski definition) is 1. The molecule has 0 radical (unpaired) electrons. The molecule has 1 aliphatic heterocycles. The molecule has 1 N–H and O–H groups in total. The second-order valence-corrected chi connectivity index (χ2v) is 5.87. The molecule has 1 heterocycles. The molecule has 15 heavy (non-hydrogen) atoms. The van der Waals surface area contributed by atoms with E-state index in [1.54, 1.807) is 11.4 Å². The molecule has 0 aromatic carbocycles. The topological polar surface area (TPSA) is 58.6 Å². The maximum absolute atomic E-state index is 11.9. The highest BCUT2D eigenvalue weighted by molar-refractivity contribution is 7.89. The minimum atomic E-state index is -3.07. The molecule has 0 amide bonds. The fourth-order valence-corrected chi connectivity index (χ4v) is 3.40. The largest absolute Gasteiger partial charge is 0.385 e. The number of nitrogens with zero attached hydrogens (tertiary/aromatic N) is 1. The van der Waals surface area contributed by atoms with E-state index in [0.29, 0.717) is 19.7 Å². The quantitative estimate of drug-likeness (QED) is 0.678. The highest BCUT2D eigenvalue weighted by Crippen LogP contribution is 2.10. The normalized spacial score (nSPS) is 27.5. The number of nitrogens with one attached hydrogen (secondary N) is 1. The number of sulfonamides is 1. The van der Waals surface area contributed by atoms with E-state index in [1.807, 2.05) is 6.92 Å². The Bertz CT molecular complexity index is 279. The van der Waals surface area contributed by atoms with Crippen molar-refractivity contribution in [3.63, 3.8) is 0 Å². The number of rotatable bonds is 4. The van der Waals surface area contributed by atoms with E-state index in [-0.39, 0.29) is 11.8 Å². The lowest BCUT2D eigenvalue weighted by molar-refractivity contribution is 0.183. The van der Waals surface area contributed by atoms with Crippen molar-refractivity contribution in [1.82, 2.24) is 9.62 Å². The molecule has 0 spiro atoms. The van der Waals surface area contributed by atoms with Crippen LogP contribution in [-0.2, 0) is 14.8 Å². The molecule has 90 valence electrons. The van der Waals surface area contributed by atoms with Gasteiger partial charge in [-0.05, 0) is 13.3 Å². The summed E-state index contributed by atoms with van der Waals surface area (Å²) in [5, 5.41) is 3.12. The zero-order chi connectivity index (χ0) is 11.3. The maximum atomic E-state index is 11.9. The first-order chi connectivity index (χ1) is 7.08. The Balaban J connectivity index is 2.61. The Morgan fingerprint density at radius 1 is 1.53 bits per heavy atom. The van der Waals surface area contributed by atoms with Crippen LogP contribution in [0.1, 0.15) is 13.3 Å². The smallest absolute Gasteiger partial charge is 0.215 e. The van der Waals surface area contributed by atoms with Crippen LogP contribution in [0.2, 0.25) is 0 Å². The predicted molar refractivity (Wildman–Crippen MR) is 59.3 cm³/mol. The second kappa shape index (κ2) is 5.79. The van der Waals surface area contributed by atoms with Crippen LogP contribution in [0.15, 0.2) is 0 Å². The van der Waals surface area contributed by atoms with E-state index in [1.165, 1.54) is 0 Å². The summed E-state index contributed by atoms with van der Waals surface area (Å²) in [6.45, 7) is 4.37. The minimum Gasteiger partial charge on any atom is -0.385 e. The molecule has 0 aliphatic carbocycles. The van der Waals surface area contributed by atoms with Gasteiger partial charge in [0.05, 0.1) is 5.75 Å². The van der Waals surface area contributed by atoms with Gasteiger partial charge in [-0.25, -0.2) is 8.42 Å². The molecule has 1 rings (SSSR count). The zero-order valence-corrected chi connectivity index (χ0v) is 10.2. The van der Waals surface area contributed by atoms with Crippen molar-refractivity contribution < 1.29 is 13.2 Å². The third-order valence-electron chi connectivity index (χ3n) is 2.55. The fourth-order valence-electron chi connectivity index (χ4n) is 1.73. The lowest BCUT2D eigenvalue weighted by atomic mass is 10.3. The number of ether oxygens (including phenoxy) is 1. The van der Waals surface area contributed by atoms with Crippen molar-refractivity contribution in [2.45, 2.75) is 19.4 Å². The first-order valence-electron chi connectivity index (χ1n) is 5.27. The molecule has 1 atom stereocenters. The Morgan fingerprint density at radius 3 is 2.93 bits per heavy atom. The molecule has 0 bridgehead atoms. The average Bonchev–Trinajstić information content (AvgIpc) is 2.29. The summed E-state index contributed by atoms with van der Waals surface area (Å²) in [4.78, 5) is 0. The molecule has 6 heteroatoms. The van der Waals surface area contributed by atoms with E-state index >= 15 is 0 Å². The monoisotopic (exact) mass is 236 g/mol. The number of methoxy groups -OCH3 is 1. The highest BCUT2D eigenvalue weighted by atomic mass is 32.2. The van der Waals surface area contributed by atoms with Gasteiger partial charge in [0.25, 0.3) is 0 Å². The molecule has 1 aliphatic rings. The van der Waals surface area contributed by atoms with Crippen molar-refractivity contribution in [2.75, 3.05) is 39.1 Å². The van der Waals surface area contributed by atoms with Crippen molar-refractivity contribution in [1.29, 1.82) is 0 Å². The van der Waals surface area contributed by atoms with Crippen molar-refractivity contribution >= 4 is 10.0 Å². The summed E-state index contributed by atoms with van der Waals surface area (Å²) in [6.07, 6.45) is 0.750. The summed E-state index contributed by atoms with van der Waals surface area (Å²) in [6, 6.07) is 0.0364. The fraction of sp³-hybridized carbons (Fsp3) is 1.00. The number of hydrogen-bond acceptors (Lipinski definition) is 4. The van der Waals surface area contributed by atoms with Crippen LogP contribution in [0.5, 0.6) is 0 Å². The van der Waals surface area contributed by atoms with Gasteiger partial charge >= 0.3 is 0 Å². The first-order valence-corrected chi connectivity index (χ1v) is 6.88. The summed E-state index contributed by atoms with van der Waals surface area (Å²) >= 11 is 0. The second-order valence-electron chi connectivity index (χ2n) is 3.83. The van der Waals surface area contributed by atoms with Crippen LogP contribution < -0.4 is 5.32 Å². The molecule has 5 nitrogen and oxygen atoms in total. The Hall–Kier alpha value is -0.170. The van der Waals surface area contributed by atoms with Crippen molar-refractivity contribution in [2.24, 2.45) is 0 Å². The van der Waals surface area contributed by atoms with E-state index in [4.69, 9.17) is 4.74 Å².